The molecule has 0 radical (unpaired) electrons. The van der Waals surface area contributed by atoms with Gasteiger partial charge in [-0.1, -0.05) is 0 Å². The molecule has 1 heterocycles. The molecule has 0 aliphatic carbocycles. The smallest absolute Gasteiger partial charge is 0.270 e. The van der Waals surface area contributed by atoms with Crippen LogP contribution in [0.2, 0.25) is 0 Å². The summed E-state index contributed by atoms with van der Waals surface area (Å²) >= 11 is 0. The topological polar surface area (TPSA) is 112 Å². The van der Waals surface area contributed by atoms with E-state index in [2.05, 4.69) is 14.9 Å². The van der Waals surface area contributed by atoms with Crippen molar-refractivity contribution in [2.75, 3.05) is 11.0 Å². The highest BCUT2D eigenvalue weighted by Crippen LogP contribution is 2.13. The zero-order valence-corrected chi connectivity index (χ0v) is 9.59. The molecule has 0 aliphatic rings. The van der Waals surface area contributed by atoms with Crippen LogP contribution >= 0.6 is 0 Å². The second-order valence-electron chi connectivity index (χ2n) is 3.54. The molecular formula is C9H9N3O4S. The van der Waals surface area contributed by atoms with Crippen molar-refractivity contribution in [3.05, 3.63) is 38.9 Å². The summed E-state index contributed by atoms with van der Waals surface area (Å²) in [5, 5.41) is 4.67. The Kier molecular flexibility index (Phi) is 2.50. The van der Waals surface area contributed by atoms with Crippen LogP contribution in [0, 0.1) is 0 Å². The van der Waals surface area contributed by atoms with Gasteiger partial charge in [0.2, 0.25) is 10.0 Å². The number of hydrogen-bond donors (Lipinski definition) is 3. The molecule has 1 aromatic carbocycles. The lowest BCUT2D eigenvalue weighted by Crippen LogP contribution is -2.19. The quantitative estimate of drug-likeness (QED) is 0.677. The highest BCUT2D eigenvalue weighted by Gasteiger charge is 2.06. The van der Waals surface area contributed by atoms with Crippen molar-refractivity contribution in [3.8, 4) is 0 Å². The third-order valence-electron chi connectivity index (χ3n) is 2.10. The first-order valence-corrected chi connectivity index (χ1v) is 6.48. The Bertz CT molecular complexity index is 788. The summed E-state index contributed by atoms with van der Waals surface area (Å²) in [5.74, 6) is 0. The van der Waals surface area contributed by atoms with Crippen molar-refractivity contribution in [1.29, 1.82) is 0 Å². The SMILES string of the molecule is CS(=O)(=O)Nc1ccc2c(=O)[nH][nH]c(=O)c2c1. The summed E-state index contributed by atoms with van der Waals surface area (Å²) in [7, 11) is -3.42. The predicted octanol–water partition coefficient (Wildman–Crippen LogP) is -0.412. The molecule has 1 aromatic heterocycles. The molecule has 0 fully saturated rings. The van der Waals surface area contributed by atoms with Gasteiger partial charge >= 0.3 is 0 Å². The van der Waals surface area contributed by atoms with Gasteiger partial charge in [0, 0.05) is 5.69 Å². The Hall–Kier alpha value is -2.09. The summed E-state index contributed by atoms with van der Waals surface area (Å²) in [5.41, 5.74) is -0.696. The van der Waals surface area contributed by atoms with Gasteiger partial charge in [-0.3, -0.25) is 24.5 Å². The summed E-state index contributed by atoms with van der Waals surface area (Å²) in [4.78, 5) is 22.8. The van der Waals surface area contributed by atoms with E-state index in [4.69, 9.17) is 0 Å². The first-order valence-electron chi connectivity index (χ1n) is 4.59. The number of anilines is 1. The molecule has 0 bridgehead atoms. The Morgan fingerprint density at radius 3 is 2.24 bits per heavy atom. The lowest BCUT2D eigenvalue weighted by molar-refractivity contribution is 0.607. The third-order valence-corrected chi connectivity index (χ3v) is 2.71. The van der Waals surface area contributed by atoms with Crippen molar-refractivity contribution >= 4 is 26.5 Å². The van der Waals surface area contributed by atoms with Crippen LogP contribution in [0.5, 0.6) is 0 Å². The third kappa shape index (κ3) is 2.36. The Morgan fingerprint density at radius 2 is 1.65 bits per heavy atom. The highest BCUT2D eigenvalue weighted by molar-refractivity contribution is 7.92. The van der Waals surface area contributed by atoms with E-state index in [1.165, 1.54) is 18.2 Å². The van der Waals surface area contributed by atoms with Gasteiger partial charge in [0.1, 0.15) is 0 Å². The van der Waals surface area contributed by atoms with Gasteiger partial charge in [-0.2, -0.15) is 0 Å². The van der Waals surface area contributed by atoms with Crippen LogP contribution in [-0.2, 0) is 10.0 Å². The number of aromatic nitrogens is 2. The first-order chi connectivity index (χ1) is 7.87. The summed E-state index contributed by atoms with van der Waals surface area (Å²) < 4.78 is 24.3. The average Bonchev–Trinajstić information content (AvgIpc) is 2.21. The Labute approximate surface area is 95.5 Å². The lowest BCUT2D eigenvalue weighted by Gasteiger charge is -2.04. The zero-order valence-electron chi connectivity index (χ0n) is 8.77. The summed E-state index contributed by atoms with van der Waals surface area (Å²) in [6, 6.07) is 4.11. The van der Waals surface area contributed by atoms with E-state index in [1.54, 1.807) is 0 Å². The summed E-state index contributed by atoms with van der Waals surface area (Å²) in [6.45, 7) is 0. The second kappa shape index (κ2) is 3.74. The van der Waals surface area contributed by atoms with Gasteiger partial charge in [-0.05, 0) is 18.2 Å². The van der Waals surface area contributed by atoms with Crippen molar-refractivity contribution in [2.24, 2.45) is 0 Å². The van der Waals surface area contributed by atoms with Crippen LogP contribution in [0.4, 0.5) is 5.69 Å². The number of rotatable bonds is 2. The van der Waals surface area contributed by atoms with E-state index < -0.39 is 21.1 Å². The molecule has 3 N–H and O–H groups in total. The maximum absolute atomic E-state index is 11.4. The standard InChI is InChI=1S/C9H9N3O4S/c1-17(15,16)12-5-2-3-6-7(4-5)9(14)11-10-8(6)13/h2-4,12H,1H3,(H,10,13)(H,11,14). The normalized spacial score (nSPS) is 11.6. The van der Waals surface area contributed by atoms with Crippen LogP contribution in [0.3, 0.4) is 0 Å². The van der Waals surface area contributed by atoms with E-state index in [0.29, 0.717) is 0 Å². The largest absolute Gasteiger partial charge is 0.284 e. The van der Waals surface area contributed by atoms with Crippen LogP contribution < -0.4 is 15.8 Å². The number of benzene rings is 1. The van der Waals surface area contributed by atoms with E-state index in [-0.39, 0.29) is 16.5 Å². The Balaban J connectivity index is 2.70. The second-order valence-corrected chi connectivity index (χ2v) is 5.29. The van der Waals surface area contributed by atoms with E-state index in [1.807, 2.05) is 0 Å². The molecule has 0 aliphatic heterocycles. The number of aromatic amines is 2. The molecule has 0 spiro atoms. The van der Waals surface area contributed by atoms with E-state index in [0.717, 1.165) is 6.26 Å². The molecule has 0 atom stereocenters. The monoisotopic (exact) mass is 255 g/mol. The number of nitrogens with one attached hydrogen (secondary N) is 3. The van der Waals surface area contributed by atoms with Crippen LogP contribution in [0.1, 0.15) is 0 Å². The molecule has 0 saturated heterocycles. The van der Waals surface area contributed by atoms with Crippen LogP contribution in [0.25, 0.3) is 10.8 Å². The van der Waals surface area contributed by atoms with Gasteiger partial charge in [-0.25, -0.2) is 8.42 Å². The average molecular weight is 255 g/mol. The van der Waals surface area contributed by atoms with E-state index in [9.17, 15) is 18.0 Å². The summed E-state index contributed by atoms with van der Waals surface area (Å²) in [6.07, 6.45) is 0.999. The molecule has 2 rings (SSSR count). The maximum Gasteiger partial charge on any atom is 0.270 e. The lowest BCUT2D eigenvalue weighted by atomic mass is 10.2. The van der Waals surface area contributed by atoms with Crippen LogP contribution in [0.15, 0.2) is 27.8 Å². The number of sulfonamides is 1. The Morgan fingerprint density at radius 1 is 1.06 bits per heavy atom. The minimum atomic E-state index is -3.42. The van der Waals surface area contributed by atoms with Crippen LogP contribution in [-0.4, -0.2) is 24.9 Å². The molecule has 90 valence electrons. The van der Waals surface area contributed by atoms with Crippen molar-refractivity contribution in [3.63, 3.8) is 0 Å². The molecule has 7 nitrogen and oxygen atoms in total. The molecule has 0 saturated carbocycles. The fourth-order valence-electron chi connectivity index (χ4n) is 1.46. The number of H-pyrrole nitrogens is 2. The zero-order chi connectivity index (χ0) is 12.6. The minimum Gasteiger partial charge on any atom is -0.284 e. The van der Waals surface area contributed by atoms with E-state index >= 15 is 0 Å². The maximum atomic E-state index is 11.4. The van der Waals surface area contributed by atoms with Gasteiger partial charge in [0.25, 0.3) is 11.1 Å². The molecule has 17 heavy (non-hydrogen) atoms. The number of fused-ring (bicyclic) bond motifs is 1. The molecule has 0 amide bonds. The molecule has 8 heteroatoms. The highest BCUT2D eigenvalue weighted by atomic mass is 32.2. The van der Waals surface area contributed by atoms with Crippen molar-refractivity contribution in [2.45, 2.75) is 0 Å². The van der Waals surface area contributed by atoms with Gasteiger partial charge in [-0.15, -0.1) is 0 Å². The van der Waals surface area contributed by atoms with Crippen molar-refractivity contribution in [1.82, 2.24) is 10.2 Å². The first kappa shape index (κ1) is 11.4. The van der Waals surface area contributed by atoms with Gasteiger partial charge in [0.05, 0.1) is 17.0 Å². The number of hydrogen-bond acceptors (Lipinski definition) is 4. The van der Waals surface area contributed by atoms with Crippen molar-refractivity contribution < 1.29 is 8.42 Å². The predicted molar refractivity (Wildman–Crippen MR) is 63.7 cm³/mol. The minimum absolute atomic E-state index is 0.127. The molecule has 0 unspecified atom stereocenters. The van der Waals surface area contributed by atoms with Gasteiger partial charge in [0.15, 0.2) is 0 Å². The molecular weight excluding hydrogens is 246 g/mol. The molecule has 2 aromatic rings. The van der Waals surface area contributed by atoms with Gasteiger partial charge < -0.3 is 0 Å². The fraction of sp³-hybridized carbons (Fsp3) is 0.111. The fourth-order valence-corrected chi connectivity index (χ4v) is 2.01.